The first-order valence-corrected chi connectivity index (χ1v) is 15.0. The Bertz CT molecular complexity index is 1710. The fourth-order valence-electron chi connectivity index (χ4n) is 5.37. The molecule has 4 aromatic rings. The van der Waals surface area contributed by atoms with E-state index in [-0.39, 0.29) is 28.9 Å². The zero-order chi connectivity index (χ0) is 33.7. The summed E-state index contributed by atoms with van der Waals surface area (Å²) in [6, 6.07) is 13.4. The molecule has 3 nitrogen and oxygen atoms in total. The second-order valence-corrected chi connectivity index (χ2v) is 11.2. The molecule has 0 bridgehead atoms. The molecule has 0 radical (unpaired) electrons. The Labute approximate surface area is 266 Å². The molecule has 0 unspecified atom stereocenters. The molecule has 0 N–H and O–H groups in total. The van der Waals surface area contributed by atoms with Gasteiger partial charge in [0, 0.05) is 22.6 Å². The molecule has 0 aliphatic carbocycles. The van der Waals surface area contributed by atoms with Crippen molar-refractivity contribution in [3.05, 3.63) is 119 Å². The van der Waals surface area contributed by atoms with Crippen LogP contribution in [0.3, 0.4) is 0 Å². The normalized spacial score (nSPS) is 17.2. The highest BCUT2D eigenvalue weighted by Crippen LogP contribution is 2.38. The summed E-state index contributed by atoms with van der Waals surface area (Å²) < 4.78 is 131. The van der Waals surface area contributed by atoms with Gasteiger partial charge in [0.05, 0.1) is 13.2 Å². The summed E-state index contributed by atoms with van der Waals surface area (Å²) in [5, 5.41) is 0. The fraction of sp³-hybridized carbons (Fsp3) is 0.278. The summed E-state index contributed by atoms with van der Waals surface area (Å²) in [5.41, 5.74) is -1.51. The molecule has 5 rings (SSSR count). The Morgan fingerprint density at radius 3 is 2.00 bits per heavy atom. The molecule has 1 saturated heterocycles. The summed E-state index contributed by atoms with van der Waals surface area (Å²) in [5.74, 6) is -6.61. The topological polar surface area (TPSA) is 27.7 Å². The zero-order valence-electron chi connectivity index (χ0n) is 25.2. The molecule has 47 heavy (non-hydrogen) atoms. The van der Waals surface area contributed by atoms with Crippen molar-refractivity contribution in [1.29, 1.82) is 0 Å². The highest BCUT2D eigenvalue weighted by atomic mass is 19.3. The van der Waals surface area contributed by atoms with Gasteiger partial charge in [-0.2, -0.15) is 8.78 Å². The van der Waals surface area contributed by atoms with E-state index < -0.39 is 58.4 Å². The minimum Gasteiger partial charge on any atom is -0.429 e. The van der Waals surface area contributed by atoms with Gasteiger partial charge >= 0.3 is 6.11 Å². The highest BCUT2D eigenvalue weighted by Gasteiger charge is 2.42. The van der Waals surface area contributed by atoms with Crippen molar-refractivity contribution < 1.29 is 49.3 Å². The number of hydrogen-bond donors (Lipinski definition) is 0. The third-order valence-electron chi connectivity index (χ3n) is 7.85. The molecule has 4 aromatic carbocycles. The number of halogens is 8. The lowest BCUT2D eigenvalue weighted by Crippen LogP contribution is -2.28. The molecule has 1 fully saturated rings. The molecule has 1 heterocycles. The first kappa shape index (κ1) is 34.1. The maximum absolute atomic E-state index is 15.1. The van der Waals surface area contributed by atoms with Crippen LogP contribution in [0.4, 0.5) is 35.1 Å². The second-order valence-electron chi connectivity index (χ2n) is 11.2. The minimum absolute atomic E-state index is 0.0216. The van der Waals surface area contributed by atoms with Crippen LogP contribution in [-0.4, -0.2) is 13.2 Å². The Kier molecular flexibility index (Phi) is 10.7. The van der Waals surface area contributed by atoms with Gasteiger partial charge < -0.3 is 14.2 Å². The van der Waals surface area contributed by atoms with Crippen LogP contribution in [0, 0.1) is 29.2 Å². The lowest BCUT2D eigenvalue weighted by molar-refractivity contribution is -0.206. The molecule has 1 aliphatic rings. The molecule has 1 aliphatic heterocycles. The van der Waals surface area contributed by atoms with Crippen LogP contribution < -0.4 is 4.74 Å². The summed E-state index contributed by atoms with van der Waals surface area (Å²) in [7, 11) is 0. The minimum atomic E-state index is -4.39. The summed E-state index contributed by atoms with van der Waals surface area (Å²) in [6.07, 6.45) is -1.84. The number of alkyl halides is 2. The largest absolute Gasteiger partial charge is 0.432 e. The third-order valence-corrected chi connectivity index (χ3v) is 7.85. The van der Waals surface area contributed by atoms with E-state index in [0.717, 1.165) is 68.1 Å². The van der Waals surface area contributed by atoms with Crippen molar-refractivity contribution in [2.45, 2.75) is 45.0 Å². The van der Waals surface area contributed by atoms with Crippen LogP contribution in [0.25, 0.3) is 28.1 Å². The third kappa shape index (κ3) is 7.85. The zero-order valence-corrected chi connectivity index (χ0v) is 25.2. The second kappa shape index (κ2) is 14.7. The molecule has 0 atom stereocenters. The Balaban J connectivity index is 1.26. The van der Waals surface area contributed by atoms with Crippen molar-refractivity contribution in [1.82, 2.24) is 0 Å². The summed E-state index contributed by atoms with van der Waals surface area (Å²) in [6.45, 7) is 2.73. The van der Waals surface area contributed by atoms with Gasteiger partial charge in [0.15, 0.2) is 12.1 Å². The molecular formula is C36H30F8O3. The number of hydrogen-bond acceptors (Lipinski definition) is 3. The van der Waals surface area contributed by atoms with Crippen LogP contribution in [0.2, 0.25) is 0 Å². The van der Waals surface area contributed by atoms with Gasteiger partial charge in [-0.15, -0.1) is 0 Å². The summed E-state index contributed by atoms with van der Waals surface area (Å²) >= 11 is 0. The van der Waals surface area contributed by atoms with Gasteiger partial charge in [-0.3, -0.25) is 0 Å². The maximum Gasteiger partial charge on any atom is 0.432 e. The van der Waals surface area contributed by atoms with E-state index >= 15 is 8.78 Å². The number of rotatable bonds is 11. The molecule has 0 spiro atoms. The number of ether oxygens (including phenoxy) is 3. The van der Waals surface area contributed by atoms with E-state index in [0.29, 0.717) is 24.3 Å². The van der Waals surface area contributed by atoms with Gasteiger partial charge in [-0.25, -0.2) is 26.3 Å². The van der Waals surface area contributed by atoms with E-state index in [9.17, 15) is 26.3 Å². The molecule has 0 amide bonds. The van der Waals surface area contributed by atoms with E-state index in [1.165, 1.54) is 30.3 Å². The fourth-order valence-corrected chi connectivity index (χ4v) is 5.37. The van der Waals surface area contributed by atoms with Crippen molar-refractivity contribution in [3.8, 4) is 28.0 Å². The van der Waals surface area contributed by atoms with Crippen LogP contribution in [0.5, 0.6) is 5.75 Å². The molecule has 0 aromatic heterocycles. The highest BCUT2D eigenvalue weighted by molar-refractivity contribution is 5.73. The Hall–Kier alpha value is -4.22. The lowest BCUT2D eigenvalue weighted by Gasteiger charge is -2.30. The molecule has 0 saturated carbocycles. The predicted octanol–water partition coefficient (Wildman–Crippen LogP) is 11.2. The Morgan fingerprint density at radius 1 is 0.787 bits per heavy atom. The lowest BCUT2D eigenvalue weighted by atomic mass is 9.98. The van der Waals surface area contributed by atoms with E-state index in [1.54, 1.807) is 0 Å². The van der Waals surface area contributed by atoms with E-state index in [2.05, 4.69) is 6.92 Å². The van der Waals surface area contributed by atoms with Gasteiger partial charge in [0.25, 0.3) is 0 Å². The van der Waals surface area contributed by atoms with Gasteiger partial charge in [-0.1, -0.05) is 56.5 Å². The molecular weight excluding hydrogens is 632 g/mol. The van der Waals surface area contributed by atoms with Crippen LogP contribution in [-0.2, 0) is 15.6 Å². The Morgan fingerprint density at radius 2 is 1.40 bits per heavy atom. The van der Waals surface area contributed by atoms with Gasteiger partial charge in [0.2, 0.25) is 0 Å². The average molecular weight is 663 g/mol. The molecule has 11 heteroatoms. The molecule has 248 valence electrons. The van der Waals surface area contributed by atoms with Crippen LogP contribution in [0.1, 0.15) is 55.6 Å². The number of benzene rings is 4. The van der Waals surface area contributed by atoms with Crippen LogP contribution >= 0.6 is 0 Å². The maximum atomic E-state index is 15.1. The van der Waals surface area contributed by atoms with Crippen LogP contribution in [0.15, 0.2) is 79.1 Å². The van der Waals surface area contributed by atoms with Crippen molar-refractivity contribution in [2.75, 3.05) is 13.2 Å². The first-order chi connectivity index (χ1) is 22.5. The predicted molar refractivity (Wildman–Crippen MR) is 161 cm³/mol. The average Bonchev–Trinajstić information content (AvgIpc) is 3.04. The quantitative estimate of drug-likeness (QED) is 0.118. The standard InChI is InChI=1S/C36H30F8O3/c1-2-3-4-5-21-19-45-35(46-20-21)25-16-31(40)34(32(41)17-25)36(43,44)47-26-10-6-22(7-11-26)23-8-12-27(29(38)14-23)24-9-13-28(30(39)15-24)33(42)18-37/h6-18,21,35H,2-5,19-20H2,1H3. The van der Waals surface area contributed by atoms with Gasteiger partial charge in [-0.05, 0) is 65.6 Å². The number of unbranched alkanes of at least 4 members (excludes halogenated alkanes) is 2. The van der Waals surface area contributed by atoms with E-state index in [1.807, 2.05) is 0 Å². The first-order valence-electron chi connectivity index (χ1n) is 15.0. The smallest absolute Gasteiger partial charge is 0.429 e. The van der Waals surface area contributed by atoms with E-state index in [4.69, 9.17) is 14.2 Å². The van der Waals surface area contributed by atoms with Crippen molar-refractivity contribution in [3.63, 3.8) is 0 Å². The van der Waals surface area contributed by atoms with Crippen molar-refractivity contribution >= 4 is 5.83 Å². The monoisotopic (exact) mass is 662 g/mol. The van der Waals surface area contributed by atoms with Gasteiger partial charge in [0.1, 0.15) is 40.9 Å². The van der Waals surface area contributed by atoms with Crippen molar-refractivity contribution in [2.24, 2.45) is 5.92 Å². The SMILES string of the molecule is CCCCCC1COC(c2cc(F)c(C(F)(F)Oc3ccc(-c4ccc(-c5ccc(C(F)=CF)c(F)c5)c(F)c4)cc3)c(F)c2)OC1. The summed E-state index contributed by atoms with van der Waals surface area (Å²) in [4.78, 5) is 0.